The lowest BCUT2D eigenvalue weighted by molar-refractivity contribution is -0.144. The zero-order valence-corrected chi connectivity index (χ0v) is 26.2. The van der Waals surface area contributed by atoms with Gasteiger partial charge in [0.15, 0.2) is 0 Å². The summed E-state index contributed by atoms with van der Waals surface area (Å²) < 4.78 is 71.5. The maximum absolute atomic E-state index is 14.0. The van der Waals surface area contributed by atoms with Crippen molar-refractivity contribution in [2.75, 3.05) is 26.8 Å². The number of methoxy groups -OCH3 is 1. The van der Waals surface area contributed by atoms with Crippen LogP contribution in [0.25, 0.3) is 16.6 Å². The van der Waals surface area contributed by atoms with Gasteiger partial charge >= 0.3 is 21.5 Å². The number of esters is 1. The van der Waals surface area contributed by atoms with Crippen molar-refractivity contribution in [2.24, 2.45) is 0 Å². The number of aliphatic hydroxyl groups excluding tert-OH is 1. The van der Waals surface area contributed by atoms with E-state index in [9.17, 15) is 31.5 Å². The molecule has 0 bridgehead atoms. The van der Waals surface area contributed by atoms with E-state index in [0.717, 1.165) is 0 Å². The minimum Gasteiger partial charge on any atom is -0.468 e. The molecular formula is C31H28Cl2F3N3O5S. The summed E-state index contributed by atoms with van der Waals surface area (Å²) in [6.07, 6.45) is 0.0699. The highest BCUT2D eigenvalue weighted by atomic mass is 35.5. The van der Waals surface area contributed by atoms with E-state index in [1.165, 1.54) is 7.11 Å². The quantitative estimate of drug-likeness (QED) is 0.172. The van der Waals surface area contributed by atoms with Crippen LogP contribution in [0.5, 0.6) is 0 Å². The molecule has 14 heteroatoms. The van der Waals surface area contributed by atoms with Crippen LogP contribution >= 0.6 is 23.2 Å². The van der Waals surface area contributed by atoms with Crippen LogP contribution in [-0.4, -0.2) is 65.7 Å². The van der Waals surface area contributed by atoms with Crippen molar-refractivity contribution in [1.29, 1.82) is 0 Å². The lowest BCUT2D eigenvalue weighted by Gasteiger charge is -2.34. The van der Waals surface area contributed by atoms with E-state index in [0.29, 0.717) is 47.9 Å². The minimum absolute atomic E-state index is 0.0349. The number of ether oxygens (including phenoxy) is 1. The fourth-order valence-corrected chi connectivity index (χ4v) is 7.15. The number of rotatable bonds is 8. The molecular weight excluding hydrogens is 654 g/mol. The molecule has 0 aliphatic carbocycles. The Balaban J connectivity index is 1.72. The molecule has 5 rings (SSSR count). The second-order valence-corrected chi connectivity index (χ2v) is 13.4. The van der Waals surface area contributed by atoms with Gasteiger partial charge in [-0.3, -0.25) is 4.79 Å². The van der Waals surface area contributed by atoms with Gasteiger partial charge in [-0.1, -0.05) is 60.1 Å². The highest BCUT2D eigenvalue weighted by Gasteiger charge is 2.51. The predicted octanol–water partition coefficient (Wildman–Crippen LogP) is 6.34. The number of hydrogen-bond donors (Lipinski definition) is 1. The monoisotopic (exact) mass is 681 g/mol. The van der Waals surface area contributed by atoms with Crippen LogP contribution in [0.15, 0.2) is 73.3 Å². The van der Waals surface area contributed by atoms with Crippen LogP contribution in [0, 0.1) is 0 Å². The zero-order valence-electron chi connectivity index (χ0n) is 23.9. The largest absolute Gasteiger partial charge is 0.511 e. The Morgan fingerprint density at radius 1 is 0.978 bits per heavy atom. The molecule has 45 heavy (non-hydrogen) atoms. The van der Waals surface area contributed by atoms with Crippen LogP contribution < -0.4 is 0 Å². The first-order valence-electron chi connectivity index (χ1n) is 13.7. The minimum atomic E-state index is -5.49. The van der Waals surface area contributed by atoms with Crippen molar-refractivity contribution in [3.8, 4) is 0 Å². The van der Waals surface area contributed by atoms with Crippen molar-refractivity contribution in [1.82, 2.24) is 13.9 Å². The van der Waals surface area contributed by atoms with Gasteiger partial charge in [0.1, 0.15) is 11.2 Å². The molecule has 8 nitrogen and oxygen atoms in total. The molecule has 0 spiro atoms. The molecule has 0 radical (unpaired) electrons. The number of piperidine rings is 1. The molecule has 3 aromatic carbocycles. The van der Waals surface area contributed by atoms with Crippen LogP contribution in [0.1, 0.15) is 41.4 Å². The van der Waals surface area contributed by atoms with Crippen molar-refractivity contribution < 1.29 is 36.2 Å². The molecule has 0 amide bonds. The Morgan fingerprint density at radius 3 is 1.96 bits per heavy atom. The van der Waals surface area contributed by atoms with E-state index < -0.39 is 39.6 Å². The fraction of sp³-hybridized carbons (Fsp3) is 0.290. The van der Waals surface area contributed by atoms with Gasteiger partial charge in [0.2, 0.25) is 0 Å². The number of imidazole rings is 1. The standard InChI is InChI=1S/C31H28Cl2F3N3O5S/c1-19(18-40)28-37-26-12-7-22(17-27(26)39(28)25-13-15-38(16-14-25)45(42,43)31(34,35)36)30(29(41)44-2,20-3-8-23(32)9-4-20)21-5-10-24(33)11-6-21/h3-12,17,25,40H,1,13-16,18H2,2H3. The van der Waals surface area contributed by atoms with Crippen LogP contribution in [0.4, 0.5) is 13.2 Å². The summed E-state index contributed by atoms with van der Waals surface area (Å²) >= 11 is 12.4. The summed E-state index contributed by atoms with van der Waals surface area (Å²) in [5.41, 5.74) is -4.14. The summed E-state index contributed by atoms with van der Waals surface area (Å²) in [6.45, 7) is 2.72. The van der Waals surface area contributed by atoms with Gasteiger partial charge in [0.05, 0.1) is 24.8 Å². The predicted molar refractivity (Wildman–Crippen MR) is 165 cm³/mol. The number of nitrogens with zero attached hydrogens (tertiary/aromatic N) is 3. The fourth-order valence-electron chi connectivity index (χ4n) is 5.91. The Bertz CT molecular complexity index is 1810. The number of carbonyl (C=O) groups excluding carboxylic acids is 1. The number of alkyl halides is 3. The van der Waals surface area contributed by atoms with E-state index in [1.54, 1.807) is 71.3 Å². The van der Waals surface area contributed by atoms with Crippen LogP contribution in [0.2, 0.25) is 10.0 Å². The van der Waals surface area contributed by atoms with Gasteiger partial charge in [0.25, 0.3) is 0 Å². The van der Waals surface area contributed by atoms with Gasteiger partial charge in [-0.15, -0.1) is 0 Å². The Labute approximate surface area is 267 Å². The van der Waals surface area contributed by atoms with E-state index in [-0.39, 0.29) is 31.5 Å². The van der Waals surface area contributed by atoms with Crippen molar-refractivity contribution in [3.05, 3.63) is 106 Å². The number of fused-ring (bicyclic) bond motifs is 1. The van der Waals surface area contributed by atoms with E-state index in [1.807, 2.05) is 0 Å². The molecule has 1 aliphatic rings. The molecule has 0 atom stereocenters. The number of aromatic nitrogens is 2. The van der Waals surface area contributed by atoms with E-state index in [2.05, 4.69) is 11.6 Å². The first-order valence-corrected chi connectivity index (χ1v) is 15.9. The topological polar surface area (TPSA) is 102 Å². The highest BCUT2D eigenvalue weighted by molar-refractivity contribution is 7.90. The molecule has 1 N–H and O–H groups in total. The second kappa shape index (κ2) is 12.4. The lowest BCUT2D eigenvalue weighted by atomic mass is 9.69. The third-order valence-corrected chi connectivity index (χ3v) is 10.2. The smallest absolute Gasteiger partial charge is 0.468 e. The molecule has 1 fully saturated rings. The van der Waals surface area contributed by atoms with Crippen LogP contribution in [0.3, 0.4) is 0 Å². The molecule has 0 saturated carbocycles. The van der Waals surface area contributed by atoms with Crippen molar-refractivity contribution >= 4 is 55.8 Å². The second-order valence-electron chi connectivity index (χ2n) is 10.6. The average Bonchev–Trinajstić information content (AvgIpc) is 3.41. The molecule has 238 valence electrons. The number of aliphatic hydroxyl groups is 1. The normalized spacial score (nSPS) is 15.4. The maximum Gasteiger partial charge on any atom is 0.511 e. The van der Waals surface area contributed by atoms with Crippen LogP contribution in [-0.2, 0) is 25.0 Å². The maximum atomic E-state index is 14.0. The summed E-state index contributed by atoms with van der Waals surface area (Å²) in [5.74, 6) is -0.313. The Hall–Kier alpha value is -3.42. The van der Waals surface area contributed by atoms with Crippen molar-refractivity contribution in [3.63, 3.8) is 0 Å². The Morgan fingerprint density at radius 2 is 1.49 bits per heavy atom. The number of sulfonamides is 1. The highest BCUT2D eigenvalue weighted by Crippen LogP contribution is 2.43. The molecule has 1 saturated heterocycles. The van der Waals surface area contributed by atoms with Gasteiger partial charge in [0, 0.05) is 34.7 Å². The number of halogens is 5. The average molecular weight is 683 g/mol. The lowest BCUT2D eigenvalue weighted by Crippen LogP contribution is -2.45. The number of benzene rings is 3. The molecule has 1 aromatic heterocycles. The third kappa shape index (κ3) is 5.74. The van der Waals surface area contributed by atoms with Gasteiger partial charge in [-0.05, 0) is 65.9 Å². The third-order valence-electron chi connectivity index (χ3n) is 8.10. The van der Waals surface area contributed by atoms with E-state index >= 15 is 0 Å². The van der Waals surface area contributed by atoms with E-state index in [4.69, 9.17) is 27.9 Å². The summed E-state index contributed by atoms with van der Waals surface area (Å²) in [7, 11) is -4.22. The summed E-state index contributed by atoms with van der Waals surface area (Å²) in [4.78, 5) is 18.6. The SMILES string of the molecule is C=C(CO)c1nc2ccc(C(C(=O)OC)(c3ccc(Cl)cc3)c3ccc(Cl)cc3)cc2n1C1CCN(S(=O)(=O)C(F)(F)F)CC1. The first-order chi connectivity index (χ1) is 21.2. The van der Waals surface area contributed by atoms with Gasteiger partial charge in [-0.25, -0.2) is 13.4 Å². The molecule has 4 aromatic rings. The zero-order chi connectivity index (χ0) is 32.7. The summed E-state index contributed by atoms with van der Waals surface area (Å²) in [6, 6.07) is 18.1. The molecule has 0 unspecified atom stereocenters. The number of hydrogen-bond acceptors (Lipinski definition) is 6. The first kappa shape index (κ1) is 33.0. The molecule has 1 aliphatic heterocycles. The Kier molecular flexibility index (Phi) is 9.09. The van der Waals surface area contributed by atoms with Gasteiger partial charge < -0.3 is 14.4 Å². The van der Waals surface area contributed by atoms with Gasteiger partial charge in [-0.2, -0.15) is 17.5 Å². The molecule has 2 heterocycles. The number of carbonyl (C=O) groups is 1. The van der Waals surface area contributed by atoms with Crippen molar-refractivity contribution in [2.45, 2.75) is 29.8 Å². The summed E-state index contributed by atoms with van der Waals surface area (Å²) in [5, 5.41) is 10.9.